The molecule has 2 aliphatic heterocycles. The van der Waals surface area contributed by atoms with Crippen molar-refractivity contribution in [2.24, 2.45) is 5.92 Å². The summed E-state index contributed by atoms with van der Waals surface area (Å²) in [5.41, 5.74) is 2.11. The van der Waals surface area contributed by atoms with Crippen molar-refractivity contribution in [1.29, 1.82) is 0 Å². The molecule has 1 amide bonds. The van der Waals surface area contributed by atoms with Crippen LogP contribution in [0.4, 0.5) is 5.69 Å². The second-order valence-corrected chi connectivity index (χ2v) is 10.9. The number of likely N-dealkylation sites (N-methyl/N-ethyl adjacent to an activating group) is 2. The minimum Gasteiger partial charge on any atom is -0.485 e. The summed E-state index contributed by atoms with van der Waals surface area (Å²) in [7, 11) is -1.71. The molecule has 1 atom stereocenters. The summed E-state index contributed by atoms with van der Waals surface area (Å²) in [5.74, 6) is 0.747. The van der Waals surface area contributed by atoms with Gasteiger partial charge in [-0.3, -0.25) is 4.79 Å². The van der Waals surface area contributed by atoms with Crippen LogP contribution in [-0.2, 0) is 14.8 Å². The van der Waals surface area contributed by atoms with E-state index in [9.17, 15) is 13.2 Å². The van der Waals surface area contributed by atoms with Crippen LogP contribution in [0.1, 0.15) is 25.3 Å². The first-order chi connectivity index (χ1) is 15.8. The predicted octanol–water partition coefficient (Wildman–Crippen LogP) is 3.14. The topological polar surface area (TPSA) is 70.2 Å². The van der Waals surface area contributed by atoms with E-state index >= 15 is 0 Å². The SMILES string of the molecule is CCN1CC(CN(C)C(=O)C2CCN(S(=O)(=O)c3ccc(C)cc3)CC2)Oc2ccccc21. The zero-order valence-electron chi connectivity index (χ0n) is 19.6. The molecule has 1 unspecified atom stereocenters. The number of piperidine rings is 1. The van der Waals surface area contributed by atoms with Gasteiger partial charge in [-0.05, 0) is 51.0 Å². The average molecular weight is 472 g/mol. The minimum atomic E-state index is -3.53. The number of fused-ring (bicyclic) bond motifs is 1. The van der Waals surface area contributed by atoms with Crippen molar-refractivity contribution in [3.63, 3.8) is 0 Å². The van der Waals surface area contributed by atoms with Crippen LogP contribution < -0.4 is 9.64 Å². The van der Waals surface area contributed by atoms with Crippen molar-refractivity contribution in [1.82, 2.24) is 9.21 Å². The van der Waals surface area contributed by atoms with Gasteiger partial charge in [-0.15, -0.1) is 0 Å². The van der Waals surface area contributed by atoms with Gasteiger partial charge in [-0.2, -0.15) is 4.31 Å². The monoisotopic (exact) mass is 471 g/mol. The number of sulfonamides is 1. The molecule has 7 nitrogen and oxygen atoms in total. The van der Waals surface area contributed by atoms with Gasteiger partial charge in [0.15, 0.2) is 0 Å². The van der Waals surface area contributed by atoms with Gasteiger partial charge in [0.05, 0.1) is 23.7 Å². The summed E-state index contributed by atoms with van der Waals surface area (Å²) >= 11 is 0. The molecule has 33 heavy (non-hydrogen) atoms. The second kappa shape index (κ2) is 9.73. The normalized spacial score (nSPS) is 19.6. The molecule has 1 fully saturated rings. The summed E-state index contributed by atoms with van der Waals surface area (Å²) in [4.78, 5) is 17.5. The third kappa shape index (κ3) is 5.01. The van der Waals surface area contributed by atoms with Crippen LogP contribution in [0.5, 0.6) is 5.75 Å². The Morgan fingerprint density at radius 3 is 2.42 bits per heavy atom. The number of rotatable bonds is 6. The van der Waals surface area contributed by atoms with Crippen LogP contribution in [0.15, 0.2) is 53.4 Å². The molecule has 0 bridgehead atoms. The van der Waals surface area contributed by atoms with Crippen LogP contribution in [0.25, 0.3) is 0 Å². The fourth-order valence-corrected chi connectivity index (χ4v) is 6.15. The summed E-state index contributed by atoms with van der Waals surface area (Å²) in [6.45, 7) is 6.88. The summed E-state index contributed by atoms with van der Waals surface area (Å²) < 4.78 is 33.6. The molecule has 0 aliphatic carbocycles. The van der Waals surface area contributed by atoms with Crippen molar-refractivity contribution in [3.8, 4) is 5.75 Å². The zero-order valence-corrected chi connectivity index (χ0v) is 20.4. The molecular weight excluding hydrogens is 438 g/mol. The molecule has 0 aromatic heterocycles. The number of nitrogens with zero attached hydrogens (tertiary/aromatic N) is 3. The average Bonchev–Trinajstić information content (AvgIpc) is 2.83. The Labute approximate surface area is 197 Å². The van der Waals surface area contributed by atoms with Crippen molar-refractivity contribution in [2.45, 2.75) is 37.7 Å². The fourth-order valence-electron chi connectivity index (χ4n) is 4.68. The molecule has 2 aromatic carbocycles. The number of para-hydroxylation sites is 2. The van der Waals surface area contributed by atoms with E-state index in [4.69, 9.17) is 4.74 Å². The van der Waals surface area contributed by atoms with Crippen LogP contribution in [0.3, 0.4) is 0 Å². The molecule has 8 heteroatoms. The van der Waals surface area contributed by atoms with Crippen molar-refractivity contribution in [3.05, 3.63) is 54.1 Å². The van der Waals surface area contributed by atoms with Crippen LogP contribution in [-0.4, -0.2) is 69.4 Å². The van der Waals surface area contributed by atoms with Gasteiger partial charge < -0.3 is 14.5 Å². The molecule has 0 N–H and O–H groups in total. The lowest BCUT2D eigenvalue weighted by molar-refractivity contribution is -0.136. The number of aryl methyl sites for hydroxylation is 1. The molecule has 2 heterocycles. The Bertz CT molecular complexity index is 1080. The molecule has 1 saturated heterocycles. The van der Waals surface area contributed by atoms with E-state index in [-0.39, 0.29) is 17.9 Å². The number of benzene rings is 2. The Kier molecular flexibility index (Phi) is 6.95. The standard InChI is InChI=1S/C25H33N3O4S/c1-4-27-18-21(32-24-8-6-5-7-23(24)27)17-26(3)25(29)20-13-15-28(16-14-20)33(30,31)22-11-9-19(2)10-12-22/h5-12,20-21H,4,13-18H2,1-3H3. The van der Waals surface area contributed by atoms with E-state index in [1.54, 1.807) is 17.0 Å². The first-order valence-corrected chi connectivity index (χ1v) is 13.1. The highest BCUT2D eigenvalue weighted by Gasteiger charge is 2.34. The number of hydrogen-bond donors (Lipinski definition) is 0. The highest BCUT2D eigenvalue weighted by atomic mass is 32.2. The van der Waals surface area contributed by atoms with E-state index in [2.05, 4.69) is 17.9 Å². The van der Waals surface area contributed by atoms with Gasteiger partial charge >= 0.3 is 0 Å². The van der Waals surface area contributed by atoms with Gasteiger partial charge in [-0.1, -0.05) is 29.8 Å². The summed E-state index contributed by atoms with van der Waals surface area (Å²) in [5, 5.41) is 0. The van der Waals surface area contributed by atoms with E-state index in [1.807, 2.05) is 44.3 Å². The maximum absolute atomic E-state index is 13.1. The Balaban J connectivity index is 1.34. The maximum atomic E-state index is 13.1. The quantitative estimate of drug-likeness (QED) is 0.647. The van der Waals surface area contributed by atoms with E-state index in [1.165, 1.54) is 4.31 Å². The zero-order chi connectivity index (χ0) is 23.6. The molecule has 0 spiro atoms. The van der Waals surface area contributed by atoms with Crippen LogP contribution in [0, 0.1) is 12.8 Å². The predicted molar refractivity (Wildman–Crippen MR) is 129 cm³/mol. The number of carbonyl (C=O) groups excluding carboxylic acids is 1. The van der Waals surface area contributed by atoms with E-state index < -0.39 is 10.0 Å². The maximum Gasteiger partial charge on any atom is 0.243 e. The first kappa shape index (κ1) is 23.6. The molecule has 0 saturated carbocycles. The van der Waals surface area contributed by atoms with Crippen molar-refractivity contribution in [2.75, 3.05) is 44.7 Å². The largest absolute Gasteiger partial charge is 0.485 e. The van der Waals surface area contributed by atoms with Gasteiger partial charge in [-0.25, -0.2) is 8.42 Å². The Morgan fingerprint density at radius 1 is 1.09 bits per heavy atom. The minimum absolute atomic E-state index is 0.0629. The van der Waals surface area contributed by atoms with Gasteiger partial charge in [0.2, 0.25) is 15.9 Å². The lowest BCUT2D eigenvalue weighted by Gasteiger charge is -2.38. The number of anilines is 1. The van der Waals surface area contributed by atoms with Crippen LogP contribution in [0.2, 0.25) is 0 Å². The molecule has 2 aromatic rings. The second-order valence-electron chi connectivity index (χ2n) is 8.96. The van der Waals surface area contributed by atoms with E-state index in [0.29, 0.717) is 37.4 Å². The summed E-state index contributed by atoms with van der Waals surface area (Å²) in [6, 6.07) is 14.9. The Hall–Kier alpha value is -2.58. The third-order valence-electron chi connectivity index (χ3n) is 6.62. The van der Waals surface area contributed by atoms with E-state index in [0.717, 1.165) is 30.1 Å². The molecule has 2 aliphatic rings. The smallest absolute Gasteiger partial charge is 0.243 e. The van der Waals surface area contributed by atoms with Crippen molar-refractivity contribution < 1.29 is 17.9 Å². The molecular formula is C25H33N3O4S. The molecule has 4 rings (SSSR count). The van der Waals surface area contributed by atoms with Gasteiger partial charge in [0.1, 0.15) is 11.9 Å². The Morgan fingerprint density at radius 2 is 1.76 bits per heavy atom. The lowest BCUT2D eigenvalue weighted by atomic mass is 9.96. The molecule has 0 radical (unpaired) electrons. The first-order valence-electron chi connectivity index (χ1n) is 11.6. The highest BCUT2D eigenvalue weighted by molar-refractivity contribution is 7.89. The van der Waals surface area contributed by atoms with Crippen LogP contribution >= 0.6 is 0 Å². The third-order valence-corrected chi connectivity index (χ3v) is 8.53. The number of carbonyl (C=O) groups is 1. The number of amides is 1. The van der Waals surface area contributed by atoms with Crippen molar-refractivity contribution >= 4 is 21.6 Å². The number of ether oxygens (including phenoxy) is 1. The lowest BCUT2D eigenvalue weighted by Crippen LogP contribution is -2.49. The summed E-state index contributed by atoms with van der Waals surface area (Å²) in [6.07, 6.45) is 0.962. The molecule has 178 valence electrons. The highest BCUT2D eigenvalue weighted by Crippen LogP contribution is 2.33. The number of hydrogen-bond acceptors (Lipinski definition) is 5. The van der Waals surface area contributed by atoms with Gasteiger partial charge in [0.25, 0.3) is 0 Å². The fraction of sp³-hybridized carbons (Fsp3) is 0.480. The van der Waals surface area contributed by atoms with Gasteiger partial charge in [0, 0.05) is 32.6 Å².